The molecule has 0 amide bonds. The zero-order valence-electron chi connectivity index (χ0n) is 13.1. The lowest BCUT2D eigenvalue weighted by Gasteiger charge is -2.11. The molecule has 0 atom stereocenters. The Bertz CT molecular complexity index is 871. The van der Waals surface area contributed by atoms with Gasteiger partial charge in [0.05, 0.1) is 0 Å². The third kappa shape index (κ3) is 3.35. The van der Waals surface area contributed by atoms with Gasteiger partial charge in [-0.25, -0.2) is 0 Å². The Balaban J connectivity index is 1.79. The van der Waals surface area contributed by atoms with Crippen LogP contribution in [0.4, 0.5) is 0 Å². The molecule has 4 rings (SSSR count). The molecule has 0 unspecified atom stereocenters. The fraction of sp³-hybridized carbons (Fsp3) is 0. The van der Waals surface area contributed by atoms with Gasteiger partial charge in [-0.3, -0.25) is 0 Å². The quantitative estimate of drug-likeness (QED) is 0.386. The molecule has 0 heterocycles. The highest BCUT2D eigenvalue weighted by atomic mass is 32.2. The molecule has 0 radical (unpaired) electrons. The molecule has 116 valence electrons. The van der Waals surface area contributed by atoms with E-state index in [2.05, 4.69) is 97.1 Å². The molecular weight excluding hydrogens is 328 g/mol. The summed E-state index contributed by atoms with van der Waals surface area (Å²) in [6.07, 6.45) is 0. The van der Waals surface area contributed by atoms with Gasteiger partial charge in [0.15, 0.2) is 0 Å². The van der Waals surface area contributed by atoms with Crippen LogP contribution in [0.15, 0.2) is 117 Å². The maximum atomic E-state index is 2.22. The maximum absolute atomic E-state index is 2.22. The summed E-state index contributed by atoms with van der Waals surface area (Å²) in [6.45, 7) is 0. The topological polar surface area (TPSA) is 0 Å². The first-order valence-electron chi connectivity index (χ1n) is 7.88. The summed E-state index contributed by atoms with van der Waals surface area (Å²) in [5, 5.41) is 2.62. The van der Waals surface area contributed by atoms with Gasteiger partial charge in [-0.2, -0.15) is 0 Å². The minimum Gasteiger partial charge on any atom is -0.0894 e. The Morgan fingerprint density at radius 1 is 0.417 bits per heavy atom. The fourth-order valence-electron chi connectivity index (χ4n) is 2.67. The summed E-state index contributed by atoms with van der Waals surface area (Å²) in [6, 6.07) is 34.2. The van der Waals surface area contributed by atoms with Crippen molar-refractivity contribution in [3.63, 3.8) is 0 Å². The van der Waals surface area contributed by atoms with Crippen molar-refractivity contribution in [2.75, 3.05) is 0 Å². The first-order valence-corrected chi connectivity index (χ1v) is 9.51. The van der Waals surface area contributed by atoms with Gasteiger partial charge < -0.3 is 0 Å². The normalized spacial score (nSPS) is 10.8. The third-order valence-corrected chi connectivity index (χ3v) is 5.91. The van der Waals surface area contributed by atoms with E-state index in [0.29, 0.717) is 0 Å². The fourth-order valence-corrected chi connectivity index (χ4v) is 4.79. The second-order valence-corrected chi connectivity index (χ2v) is 7.67. The van der Waals surface area contributed by atoms with E-state index < -0.39 is 0 Å². The van der Waals surface area contributed by atoms with E-state index in [-0.39, 0.29) is 0 Å². The first-order chi connectivity index (χ1) is 11.9. The molecule has 0 saturated carbocycles. The van der Waals surface area contributed by atoms with Crippen molar-refractivity contribution in [3.8, 4) is 0 Å². The number of benzene rings is 4. The van der Waals surface area contributed by atoms with Gasteiger partial charge in [0.2, 0.25) is 0 Å². The van der Waals surface area contributed by atoms with Crippen molar-refractivity contribution in [2.24, 2.45) is 0 Å². The van der Waals surface area contributed by atoms with Gasteiger partial charge in [0.25, 0.3) is 0 Å². The summed E-state index contributed by atoms with van der Waals surface area (Å²) < 4.78 is 0. The van der Waals surface area contributed by atoms with Crippen LogP contribution in [0.5, 0.6) is 0 Å². The van der Waals surface area contributed by atoms with Crippen LogP contribution < -0.4 is 0 Å². The van der Waals surface area contributed by atoms with Gasteiger partial charge in [-0.05, 0) is 41.8 Å². The lowest BCUT2D eigenvalue weighted by molar-refractivity contribution is 1.39. The number of rotatable bonds is 4. The minimum atomic E-state index is 1.27. The third-order valence-electron chi connectivity index (χ3n) is 3.77. The molecule has 0 aliphatic heterocycles. The van der Waals surface area contributed by atoms with Crippen molar-refractivity contribution in [2.45, 2.75) is 19.6 Å². The van der Waals surface area contributed by atoms with E-state index in [0.717, 1.165) is 0 Å². The zero-order valence-corrected chi connectivity index (χ0v) is 14.7. The largest absolute Gasteiger partial charge is 0.0894 e. The lowest BCUT2D eigenvalue weighted by Crippen LogP contribution is -1.83. The summed E-state index contributed by atoms with van der Waals surface area (Å²) >= 11 is 3.66. The van der Waals surface area contributed by atoms with E-state index in [1.54, 1.807) is 0 Å². The van der Waals surface area contributed by atoms with Crippen molar-refractivity contribution >= 4 is 34.3 Å². The lowest BCUT2D eigenvalue weighted by atomic mass is 10.1. The molecule has 0 saturated heterocycles. The van der Waals surface area contributed by atoms with E-state index in [1.165, 1.54) is 30.4 Å². The van der Waals surface area contributed by atoms with Crippen LogP contribution in [0.1, 0.15) is 0 Å². The molecule has 0 aromatic heterocycles. The first kappa shape index (κ1) is 15.4. The second-order valence-electron chi connectivity index (χ2n) is 5.44. The summed E-state index contributed by atoms with van der Waals surface area (Å²) in [5.74, 6) is 0. The Morgan fingerprint density at radius 3 is 1.33 bits per heavy atom. The Hall–Kier alpha value is -2.16. The summed E-state index contributed by atoms with van der Waals surface area (Å²) in [5.41, 5.74) is 0. The number of hydrogen-bond acceptors (Lipinski definition) is 2. The average molecular weight is 345 g/mol. The standard InChI is InChI=1S/C22H16S2/c1-3-11-18(12-4-1)23-20-15-7-9-17-10-8-16-21(22(17)20)24-19-13-5-2-6-14-19/h1-16H. The van der Waals surface area contributed by atoms with Gasteiger partial charge in [-0.1, -0.05) is 84.2 Å². The van der Waals surface area contributed by atoms with Crippen molar-refractivity contribution in [1.82, 2.24) is 0 Å². The predicted octanol–water partition coefficient (Wildman–Crippen LogP) is 7.14. The molecule has 0 bridgehead atoms. The van der Waals surface area contributed by atoms with E-state index in [1.807, 2.05) is 23.5 Å². The summed E-state index contributed by atoms with van der Waals surface area (Å²) in [7, 11) is 0. The van der Waals surface area contributed by atoms with Gasteiger partial charge in [0.1, 0.15) is 0 Å². The SMILES string of the molecule is c1ccc(Sc2cccc3cccc(Sc4ccccc4)c23)cc1. The Labute approximate surface area is 150 Å². The zero-order chi connectivity index (χ0) is 16.2. The molecule has 0 aliphatic carbocycles. The van der Waals surface area contributed by atoms with Gasteiger partial charge >= 0.3 is 0 Å². The van der Waals surface area contributed by atoms with Gasteiger partial charge in [0, 0.05) is 25.0 Å². The van der Waals surface area contributed by atoms with Crippen LogP contribution in [0.25, 0.3) is 10.8 Å². The molecule has 4 aromatic carbocycles. The Morgan fingerprint density at radius 2 is 0.875 bits per heavy atom. The minimum absolute atomic E-state index is 1.27. The predicted molar refractivity (Wildman–Crippen MR) is 105 cm³/mol. The van der Waals surface area contributed by atoms with Crippen molar-refractivity contribution in [1.29, 1.82) is 0 Å². The second kappa shape index (κ2) is 7.16. The average Bonchev–Trinajstić information content (AvgIpc) is 2.64. The number of fused-ring (bicyclic) bond motifs is 1. The molecule has 4 aromatic rings. The smallest absolute Gasteiger partial charge is 0.0212 e. The van der Waals surface area contributed by atoms with Crippen LogP contribution >= 0.6 is 23.5 Å². The monoisotopic (exact) mass is 344 g/mol. The van der Waals surface area contributed by atoms with Crippen molar-refractivity contribution in [3.05, 3.63) is 97.1 Å². The van der Waals surface area contributed by atoms with E-state index >= 15 is 0 Å². The van der Waals surface area contributed by atoms with E-state index in [4.69, 9.17) is 0 Å². The molecule has 2 heteroatoms. The van der Waals surface area contributed by atoms with Crippen molar-refractivity contribution < 1.29 is 0 Å². The van der Waals surface area contributed by atoms with Crippen LogP contribution in [-0.4, -0.2) is 0 Å². The Kier molecular flexibility index (Phi) is 4.59. The molecule has 0 N–H and O–H groups in total. The summed E-state index contributed by atoms with van der Waals surface area (Å²) in [4.78, 5) is 5.14. The number of hydrogen-bond donors (Lipinski definition) is 0. The molecule has 0 fully saturated rings. The molecule has 0 nitrogen and oxygen atoms in total. The highest BCUT2D eigenvalue weighted by Crippen LogP contribution is 2.40. The van der Waals surface area contributed by atoms with E-state index in [9.17, 15) is 0 Å². The molecule has 0 aliphatic rings. The molecule has 0 spiro atoms. The maximum Gasteiger partial charge on any atom is 0.0212 e. The highest BCUT2D eigenvalue weighted by molar-refractivity contribution is 8.00. The van der Waals surface area contributed by atoms with Gasteiger partial charge in [-0.15, -0.1) is 0 Å². The van der Waals surface area contributed by atoms with Crippen LogP contribution in [0, 0.1) is 0 Å². The molecular formula is C22H16S2. The van der Waals surface area contributed by atoms with Crippen LogP contribution in [0.2, 0.25) is 0 Å². The highest BCUT2D eigenvalue weighted by Gasteiger charge is 2.09. The van der Waals surface area contributed by atoms with Crippen LogP contribution in [0.3, 0.4) is 0 Å². The van der Waals surface area contributed by atoms with Crippen LogP contribution in [-0.2, 0) is 0 Å². The molecule has 24 heavy (non-hydrogen) atoms.